The summed E-state index contributed by atoms with van der Waals surface area (Å²) in [7, 11) is 1.25. The molecule has 0 spiro atoms. The molecule has 9 nitrogen and oxygen atoms in total. The average molecular weight is 455 g/mol. The molecular formula is C21H30N2O7S. The number of ether oxygens (including phenoxy) is 3. The summed E-state index contributed by atoms with van der Waals surface area (Å²) in [6, 6.07) is -0.864. The summed E-state index contributed by atoms with van der Waals surface area (Å²) in [5, 5.41) is 5.39. The molecule has 31 heavy (non-hydrogen) atoms. The number of carbonyl (C=O) groups excluding carboxylic acids is 4. The van der Waals surface area contributed by atoms with Gasteiger partial charge < -0.3 is 24.8 Å². The fourth-order valence-corrected chi connectivity index (χ4v) is 4.73. The van der Waals surface area contributed by atoms with Crippen molar-refractivity contribution in [2.24, 2.45) is 17.8 Å². The Labute approximate surface area is 186 Å². The van der Waals surface area contributed by atoms with Crippen LogP contribution in [0.5, 0.6) is 0 Å². The highest BCUT2D eigenvalue weighted by Crippen LogP contribution is 2.62. The van der Waals surface area contributed by atoms with Crippen molar-refractivity contribution in [2.75, 3.05) is 32.3 Å². The van der Waals surface area contributed by atoms with Gasteiger partial charge in [-0.1, -0.05) is 25.3 Å². The second-order valence-corrected chi connectivity index (χ2v) is 8.47. The molecule has 0 heterocycles. The van der Waals surface area contributed by atoms with Crippen molar-refractivity contribution >= 4 is 35.7 Å². The van der Waals surface area contributed by atoms with Gasteiger partial charge in [0.05, 0.1) is 13.0 Å². The van der Waals surface area contributed by atoms with Gasteiger partial charge in [-0.15, -0.1) is 0 Å². The van der Waals surface area contributed by atoms with Crippen molar-refractivity contribution in [3.05, 3.63) is 25.3 Å². The lowest BCUT2D eigenvalue weighted by atomic mass is 9.88. The van der Waals surface area contributed by atoms with E-state index in [1.165, 1.54) is 31.0 Å². The minimum atomic E-state index is -1.38. The van der Waals surface area contributed by atoms with Gasteiger partial charge in [0.2, 0.25) is 5.91 Å². The van der Waals surface area contributed by atoms with Crippen molar-refractivity contribution in [3.8, 4) is 0 Å². The van der Waals surface area contributed by atoms with Crippen molar-refractivity contribution in [1.82, 2.24) is 10.6 Å². The van der Waals surface area contributed by atoms with Crippen LogP contribution in [-0.4, -0.2) is 67.9 Å². The number of hydrogen-bond donors (Lipinski definition) is 2. The zero-order chi connectivity index (χ0) is 23.0. The Morgan fingerprint density at radius 1 is 1.19 bits per heavy atom. The van der Waals surface area contributed by atoms with E-state index >= 15 is 0 Å². The molecule has 2 rings (SSSR count). The molecule has 0 saturated heterocycles. The first-order valence-electron chi connectivity index (χ1n) is 10.1. The third kappa shape index (κ3) is 5.61. The van der Waals surface area contributed by atoms with E-state index in [1.807, 2.05) is 6.26 Å². The van der Waals surface area contributed by atoms with Gasteiger partial charge in [-0.3, -0.25) is 9.59 Å². The lowest BCUT2D eigenvalue weighted by molar-refractivity contribution is -0.147. The standard InChI is InChI=1S/C21H30N2O7S/c1-5-10-29-18(25)15-13-7-9-21(16(13)15,23-20(27)30-11-6-2)19(26)22-14(8-12-31-4)17(24)28-3/h5-6,13-16H,1-2,7-12H2,3-4H3,(H,22,26)(H,23,27)/t13-,14-,15-,16-,21-/m0/s1. The molecule has 0 unspecified atom stereocenters. The highest BCUT2D eigenvalue weighted by Gasteiger charge is 2.72. The number of fused-ring (bicyclic) bond motifs is 1. The molecule has 0 radical (unpaired) electrons. The lowest BCUT2D eigenvalue weighted by Crippen LogP contribution is -2.62. The van der Waals surface area contributed by atoms with Gasteiger partial charge in [0.25, 0.3) is 0 Å². The lowest BCUT2D eigenvalue weighted by Gasteiger charge is -2.32. The molecule has 2 saturated carbocycles. The van der Waals surface area contributed by atoms with E-state index < -0.39 is 47.4 Å². The quantitative estimate of drug-likeness (QED) is 0.258. The van der Waals surface area contributed by atoms with Crippen molar-refractivity contribution < 1.29 is 33.4 Å². The van der Waals surface area contributed by atoms with Crippen LogP contribution >= 0.6 is 11.8 Å². The summed E-state index contributed by atoms with van der Waals surface area (Å²) in [4.78, 5) is 50.3. The number of alkyl carbamates (subject to hydrolysis) is 1. The third-order valence-corrected chi connectivity index (χ3v) is 6.33. The summed E-state index contributed by atoms with van der Waals surface area (Å²) >= 11 is 1.53. The van der Waals surface area contributed by atoms with Crippen LogP contribution in [0.15, 0.2) is 25.3 Å². The summed E-state index contributed by atoms with van der Waals surface area (Å²) in [6.45, 7) is 7.06. The Morgan fingerprint density at radius 3 is 2.48 bits per heavy atom. The van der Waals surface area contributed by atoms with Gasteiger partial charge in [0.1, 0.15) is 24.8 Å². The van der Waals surface area contributed by atoms with Gasteiger partial charge in [0.15, 0.2) is 0 Å². The van der Waals surface area contributed by atoms with E-state index in [4.69, 9.17) is 14.2 Å². The van der Waals surface area contributed by atoms with Gasteiger partial charge in [-0.25, -0.2) is 9.59 Å². The Morgan fingerprint density at radius 2 is 1.87 bits per heavy atom. The molecule has 0 bridgehead atoms. The Bertz CT molecular complexity index is 729. The molecule has 2 N–H and O–H groups in total. The van der Waals surface area contributed by atoms with Crippen LogP contribution < -0.4 is 10.6 Å². The maximum absolute atomic E-state index is 13.4. The van der Waals surface area contributed by atoms with Crippen LogP contribution in [0.3, 0.4) is 0 Å². The van der Waals surface area contributed by atoms with Crippen molar-refractivity contribution in [2.45, 2.75) is 30.8 Å². The predicted molar refractivity (Wildman–Crippen MR) is 115 cm³/mol. The SMILES string of the molecule is C=CCOC(=O)N[C@@]1(C(=O)N[C@@H](CCSC)C(=O)OC)CC[C@H]2[C@H](C(=O)OCC=C)[C@H]21. The fourth-order valence-electron chi connectivity index (χ4n) is 4.26. The fraction of sp³-hybridized carbons (Fsp3) is 0.619. The number of thioether (sulfide) groups is 1. The van der Waals surface area contributed by atoms with Crippen LogP contribution in [0.4, 0.5) is 4.79 Å². The first kappa shape index (κ1) is 24.8. The maximum Gasteiger partial charge on any atom is 0.408 e. The zero-order valence-corrected chi connectivity index (χ0v) is 18.7. The van der Waals surface area contributed by atoms with Crippen LogP contribution in [0.25, 0.3) is 0 Å². The van der Waals surface area contributed by atoms with E-state index in [0.29, 0.717) is 25.0 Å². The summed E-state index contributed by atoms with van der Waals surface area (Å²) in [5.41, 5.74) is -1.38. The molecule has 172 valence electrons. The topological polar surface area (TPSA) is 120 Å². The Hall–Kier alpha value is -2.49. The Kier molecular flexibility index (Phi) is 8.97. The Balaban J connectivity index is 2.24. The number of rotatable bonds is 12. The van der Waals surface area contributed by atoms with Gasteiger partial charge in [-0.05, 0) is 37.2 Å². The normalized spacial score (nSPS) is 26.6. The van der Waals surface area contributed by atoms with Gasteiger partial charge in [0, 0.05) is 5.92 Å². The minimum absolute atomic E-state index is 0.0268. The minimum Gasteiger partial charge on any atom is -0.467 e. The zero-order valence-electron chi connectivity index (χ0n) is 17.9. The molecule has 2 aliphatic rings. The molecule has 0 aromatic carbocycles. The van der Waals surface area contributed by atoms with Crippen LogP contribution in [0.1, 0.15) is 19.3 Å². The number of amides is 2. The second kappa shape index (κ2) is 11.2. The molecule has 0 aromatic rings. The first-order valence-corrected chi connectivity index (χ1v) is 11.5. The summed E-state index contributed by atoms with van der Waals surface area (Å²) < 4.78 is 15.0. The highest BCUT2D eigenvalue weighted by atomic mass is 32.2. The molecule has 5 atom stereocenters. The molecule has 2 amide bonds. The molecule has 0 aromatic heterocycles. The second-order valence-electron chi connectivity index (χ2n) is 7.49. The van der Waals surface area contributed by atoms with E-state index in [1.54, 1.807) is 0 Å². The molecule has 10 heteroatoms. The third-order valence-electron chi connectivity index (χ3n) is 5.69. The molecule has 2 fully saturated rings. The summed E-state index contributed by atoms with van der Waals surface area (Å²) in [5.74, 6) is -1.96. The average Bonchev–Trinajstić information content (AvgIpc) is 3.39. The monoisotopic (exact) mass is 454 g/mol. The van der Waals surface area contributed by atoms with E-state index in [0.717, 1.165) is 0 Å². The molecule has 2 aliphatic carbocycles. The van der Waals surface area contributed by atoms with E-state index in [9.17, 15) is 19.2 Å². The van der Waals surface area contributed by atoms with Gasteiger partial charge >= 0.3 is 18.0 Å². The van der Waals surface area contributed by atoms with Gasteiger partial charge in [-0.2, -0.15) is 11.8 Å². The number of methoxy groups -OCH3 is 1. The van der Waals surface area contributed by atoms with Crippen molar-refractivity contribution in [1.29, 1.82) is 0 Å². The number of esters is 2. The number of carbonyl (C=O) groups is 4. The predicted octanol–water partition coefficient (Wildman–Crippen LogP) is 1.43. The van der Waals surface area contributed by atoms with Crippen LogP contribution in [0, 0.1) is 17.8 Å². The first-order chi connectivity index (χ1) is 14.9. The van der Waals surface area contributed by atoms with E-state index in [-0.39, 0.29) is 19.1 Å². The van der Waals surface area contributed by atoms with Crippen LogP contribution in [-0.2, 0) is 28.6 Å². The maximum atomic E-state index is 13.4. The van der Waals surface area contributed by atoms with Crippen LogP contribution in [0.2, 0.25) is 0 Å². The highest BCUT2D eigenvalue weighted by molar-refractivity contribution is 7.98. The van der Waals surface area contributed by atoms with Crippen molar-refractivity contribution in [3.63, 3.8) is 0 Å². The van der Waals surface area contributed by atoms with E-state index in [2.05, 4.69) is 23.8 Å². The largest absolute Gasteiger partial charge is 0.467 e. The smallest absolute Gasteiger partial charge is 0.408 e. The number of nitrogens with one attached hydrogen (secondary N) is 2. The summed E-state index contributed by atoms with van der Waals surface area (Å²) in [6.07, 6.45) is 5.22. The number of hydrogen-bond acceptors (Lipinski definition) is 8. The molecular weight excluding hydrogens is 424 g/mol. The molecule has 0 aliphatic heterocycles.